The fourth-order valence-corrected chi connectivity index (χ4v) is 2.90. The minimum atomic E-state index is 0.0190. The molecule has 0 spiro atoms. The topological polar surface area (TPSA) is 45.1 Å². The Morgan fingerprint density at radius 2 is 2.00 bits per heavy atom. The molecule has 5 heteroatoms. The number of hydrogen-bond donors (Lipinski definition) is 0. The molecule has 1 atom stereocenters. The summed E-state index contributed by atoms with van der Waals surface area (Å²) in [5.41, 5.74) is 0.783. The van der Waals surface area contributed by atoms with Crippen LogP contribution in [0.15, 0.2) is 29.6 Å². The lowest BCUT2D eigenvalue weighted by Gasteiger charge is -2.36. The Bertz CT molecular complexity index is 446. The maximum absolute atomic E-state index is 11.2. The van der Waals surface area contributed by atoms with E-state index in [1.165, 1.54) is 19.3 Å². The van der Waals surface area contributed by atoms with Gasteiger partial charge in [-0.25, -0.2) is 5.01 Å². The minimum Gasteiger partial charge on any atom is -0.489 e. The van der Waals surface area contributed by atoms with Gasteiger partial charge in [-0.05, 0) is 38.1 Å². The van der Waals surface area contributed by atoms with Gasteiger partial charge in [0.1, 0.15) is 24.1 Å². The summed E-state index contributed by atoms with van der Waals surface area (Å²) in [6, 6.07) is 7.60. The lowest BCUT2D eigenvalue weighted by Crippen LogP contribution is -2.48. The number of fused-ring (bicyclic) bond motifs is 1. The molecule has 0 aromatic heterocycles. The van der Waals surface area contributed by atoms with Crippen molar-refractivity contribution in [2.75, 3.05) is 31.3 Å². The van der Waals surface area contributed by atoms with E-state index in [4.69, 9.17) is 4.74 Å². The van der Waals surface area contributed by atoms with Crippen molar-refractivity contribution in [2.45, 2.75) is 25.3 Å². The molecule has 0 amide bonds. The van der Waals surface area contributed by atoms with E-state index in [-0.39, 0.29) is 6.04 Å². The Kier molecular flexibility index (Phi) is 3.64. The van der Waals surface area contributed by atoms with Crippen LogP contribution in [0.4, 0.5) is 5.69 Å². The molecule has 2 aliphatic heterocycles. The highest BCUT2D eigenvalue weighted by Gasteiger charge is 2.30. The van der Waals surface area contributed by atoms with Crippen LogP contribution in [-0.2, 0) is 0 Å². The van der Waals surface area contributed by atoms with Crippen LogP contribution < -0.4 is 9.75 Å². The zero-order valence-corrected chi connectivity index (χ0v) is 11.0. The predicted molar refractivity (Wildman–Crippen MR) is 74.3 cm³/mol. The molecule has 1 aromatic rings. The number of piperidine rings is 1. The third-order valence-corrected chi connectivity index (χ3v) is 3.89. The van der Waals surface area contributed by atoms with Gasteiger partial charge in [0.05, 0.1) is 5.29 Å². The number of hydrogen-bond acceptors (Lipinski definition) is 4. The van der Waals surface area contributed by atoms with Crippen LogP contribution in [0.2, 0.25) is 0 Å². The molecular formula is C14H19N3O2. The summed E-state index contributed by atoms with van der Waals surface area (Å²) < 4.78 is 5.74. The number of rotatable bonds is 3. The average molecular weight is 261 g/mol. The highest BCUT2D eigenvalue weighted by Crippen LogP contribution is 2.34. The summed E-state index contributed by atoms with van der Waals surface area (Å²) in [6.07, 6.45) is 3.81. The highest BCUT2D eigenvalue weighted by atomic mass is 16.5. The summed E-state index contributed by atoms with van der Waals surface area (Å²) in [5.74, 6) is 0.747. The molecule has 19 heavy (non-hydrogen) atoms. The molecule has 5 nitrogen and oxygen atoms in total. The van der Waals surface area contributed by atoms with Crippen LogP contribution in [0.3, 0.4) is 0 Å². The molecule has 1 aromatic carbocycles. The zero-order chi connectivity index (χ0) is 13.1. The predicted octanol–water partition coefficient (Wildman–Crippen LogP) is 2.42. The van der Waals surface area contributed by atoms with Gasteiger partial charge in [-0.3, -0.25) is 0 Å². The van der Waals surface area contributed by atoms with Crippen molar-refractivity contribution in [3.05, 3.63) is 29.2 Å². The summed E-state index contributed by atoms with van der Waals surface area (Å²) in [4.78, 5) is 13.6. The number of para-hydroxylation sites is 2. The Balaban J connectivity index is 1.74. The summed E-state index contributed by atoms with van der Waals surface area (Å²) >= 11 is 0. The molecule has 0 N–H and O–H groups in total. The first kappa shape index (κ1) is 12.4. The second kappa shape index (κ2) is 5.57. The number of nitrogens with zero attached hydrogens (tertiary/aromatic N) is 3. The van der Waals surface area contributed by atoms with E-state index in [9.17, 15) is 4.91 Å². The highest BCUT2D eigenvalue weighted by molar-refractivity contribution is 5.59. The standard InChI is InChI=1S/C14H19N3O2/c18-15-17-12(10-16-8-4-1-5-9-16)11-19-14-7-3-2-6-13(14)17/h2-3,6-7,12H,1,4-5,8-11H2. The molecule has 0 bridgehead atoms. The van der Waals surface area contributed by atoms with Gasteiger partial charge in [0.2, 0.25) is 0 Å². The molecule has 2 heterocycles. The molecule has 1 unspecified atom stereocenters. The number of likely N-dealkylation sites (tertiary alicyclic amines) is 1. The Labute approximate surface area is 113 Å². The summed E-state index contributed by atoms with van der Waals surface area (Å²) in [5, 5.41) is 4.79. The van der Waals surface area contributed by atoms with Crippen molar-refractivity contribution < 1.29 is 4.74 Å². The lowest BCUT2D eigenvalue weighted by atomic mass is 10.1. The van der Waals surface area contributed by atoms with Crippen LogP contribution in [-0.4, -0.2) is 37.2 Å². The smallest absolute Gasteiger partial charge is 0.144 e. The van der Waals surface area contributed by atoms with E-state index in [0.717, 1.165) is 31.1 Å². The van der Waals surface area contributed by atoms with Gasteiger partial charge in [-0.1, -0.05) is 18.6 Å². The number of benzene rings is 1. The van der Waals surface area contributed by atoms with E-state index >= 15 is 0 Å². The maximum atomic E-state index is 11.2. The molecule has 2 aliphatic rings. The largest absolute Gasteiger partial charge is 0.489 e. The van der Waals surface area contributed by atoms with Gasteiger partial charge in [-0.2, -0.15) is 0 Å². The quantitative estimate of drug-likeness (QED) is 0.784. The maximum Gasteiger partial charge on any atom is 0.144 e. The molecule has 1 saturated heterocycles. The summed E-state index contributed by atoms with van der Waals surface area (Å²) in [7, 11) is 0. The SMILES string of the molecule is O=NN1c2ccccc2OCC1CN1CCCCC1. The Hall–Kier alpha value is -1.62. The van der Waals surface area contributed by atoms with E-state index < -0.39 is 0 Å². The van der Waals surface area contributed by atoms with E-state index in [1.807, 2.05) is 24.3 Å². The molecule has 102 valence electrons. The number of anilines is 1. The molecule has 0 saturated carbocycles. The van der Waals surface area contributed by atoms with Gasteiger partial charge in [0, 0.05) is 6.54 Å². The Morgan fingerprint density at radius 1 is 1.21 bits per heavy atom. The van der Waals surface area contributed by atoms with Crippen molar-refractivity contribution in [2.24, 2.45) is 5.29 Å². The fourth-order valence-electron chi connectivity index (χ4n) is 2.90. The third kappa shape index (κ3) is 2.56. The van der Waals surface area contributed by atoms with Gasteiger partial charge in [-0.15, -0.1) is 4.91 Å². The van der Waals surface area contributed by atoms with Crippen LogP contribution in [0, 0.1) is 4.91 Å². The molecule has 0 radical (unpaired) electrons. The van der Waals surface area contributed by atoms with E-state index in [2.05, 4.69) is 10.2 Å². The van der Waals surface area contributed by atoms with E-state index in [1.54, 1.807) is 5.01 Å². The molecule has 1 fully saturated rings. The summed E-state index contributed by atoms with van der Waals surface area (Å²) in [6.45, 7) is 3.61. The normalized spacial score (nSPS) is 23.6. The van der Waals surface area contributed by atoms with Gasteiger partial charge in [0.15, 0.2) is 0 Å². The van der Waals surface area contributed by atoms with Crippen LogP contribution in [0.1, 0.15) is 19.3 Å². The second-order valence-corrected chi connectivity index (χ2v) is 5.22. The van der Waals surface area contributed by atoms with Crippen molar-refractivity contribution in [3.63, 3.8) is 0 Å². The first-order valence-electron chi connectivity index (χ1n) is 6.95. The fraction of sp³-hybridized carbons (Fsp3) is 0.571. The van der Waals surface area contributed by atoms with Gasteiger partial charge >= 0.3 is 0 Å². The molecule has 3 rings (SSSR count). The lowest BCUT2D eigenvalue weighted by molar-refractivity contribution is 0.175. The van der Waals surface area contributed by atoms with Crippen molar-refractivity contribution in [1.29, 1.82) is 0 Å². The number of nitroso groups, excluding NO2 is 1. The van der Waals surface area contributed by atoms with Gasteiger partial charge < -0.3 is 9.64 Å². The van der Waals surface area contributed by atoms with Crippen LogP contribution >= 0.6 is 0 Å². The zero-order valence-electron chi connectivity index (χ0n) is 11.0. The third-order valence-electron chi connectivity index (χ3n) is 3.89. The van der Waals surface area contributed by atoms with Gasteiger partial charge in [0.25, 0.3) is 0 Å². The first-order chi connectivity index (χ1) is 9.38. The molecule has 0 aliphatic carbocycles. The first-order valence-corrected chi connectivity index (χ1v) is 6.95. The monoisotopic (exact) mass is 261 g/mol. The van der Waals surface area contributed by atoms with Crippen molar-refractivity contribution in [1.82, 2.24) is 4.90 Å². The van der Waals surface area contributed by atoms with Crippen LogP contribution in [0.5, 0.6) is 5.75 Å². The van der Waals surface area contributed by atoms with E-state index in [0.29, 0.717) is 6.61 Å². The minimum absolute atomic E-state index is 0.0190. The molecular weight excluding hydrogens is 242 g/mol. The Morgan fingerprint density at radius 3 is 2.79 bits per heavy atom. The van der Waals surface area contributed by atoms with Crippen LogP contribution in [0.25, 0.3) is 0 Å². The average Bonchev–Trinajstić information content (AvgIpc) is 2.48. The number of ether oxygens (including phenoxy) is 1. The van der Waals surface area contributed by atoms with Crippen molar-refractivity contribution in [3.8, 4) is 5.75 Å². The second-order valence-electron chi connectivity index (χ2n) is 5.22. The van der Waals surface area contributed by atoms with Crippen molar-refractivity contribution >= 4 is 5.69 Å².